The van der Waals surface area contributed by atoms with Crippen molar-refractivity contribution in [3.05, 3.63) is 23.4 Å². The van der Waals surface area contributed by atoms with Gasteiger partial charge >= 0.3 is 0 Å². The molecule has 1 aromatic rings. The van der Waals surface area contributed by atoms with Crippen molar-refractivity contribution < 1.29 is 5.11 Å². The van der Waals surface area contributed by atoms with Crippen LogP contribution in [0.3, 0.4) is 0 Å². The minimum atomic E-state index is -0.243. The summed E-state index contributed by atoms with van der Waals surface area (Å²) in [6, 6.07) is 2.21. The molecule has 4 nitrogen and oxygen atoms in total. The van der Waals surface area contributed by atoms with Crippen LogP contribution in [0.25, 0.3) is 0 Å². The SMILES string of the molecule is Cc1cc(CNCC(C)C)cnc1N1CCC(C)C(O)C1. The first-order chi connectivity index (χ1) is 9.97. The summed E-state index contributed by atoms with van der Waals surface area (Å²) in [5.41, 5.74) is 2.42. The normalized spacial score (nSPS) is 22.9. The number of anilines is 1. The molecule has 1 fully saturated rings. The highest BCUT2D eigenvalue weighted by molar-refractivity contribution is 5.48. The van der Waals surface area contributed by atoms with Crippen molar-refractivity contribution in [3.63, 3.8) is 0 Å². The zero-order valence-electron chi connectivity index (χ0n) is 13.8. The summed E-state index contributed by atoms with van der Waals surface area (Å²) in [4.78, 5) is 6.85. The topological polar surface area (TPSA) is 48.4 Å². The number of β-amino-alcohol motifs (C(OH)–C–C–N with tert-alkyl or cyclic N) is 1. The number of aromatic nitrogens is 1. The summed E-state index contributed by atoms with van der Waals surface area (Å²) >= 11 is 0. The number of aliphatic hydroxyl groups excluding tert-OH is 1. The van der Waals surface area contributed by atoms with Crippen molar-refractivity contribution >= 4 is 5.82 Å². The first-order valence-corrected chi connectivity index (χ1v) is 8.06. The van der Waals surface area contributed by atoms with E-state index < -0.39 is 0 Å². The predicted octanol–water partition coefficient (Wildman–Crippen LogP) is 2.34. The second kappa shape index (κ2) is 7.23. The van der Waals surface area contributed by atoms with E-state index in [9.17, 15) is 5.11 Å². The van der Waals surface area contributed by atoms with E-state index in [1.54, 1.807) is 0 Å². The maximum atomic E-state index is 10.0. The van der Waals surface area contributed by atoms with Crippen LogP contribution >= 0.6 is 0 Å². The third-order valence-corrected chi connectivity index (χ3v) is 4.21. The van der Waals surface area contributed by atoms with Crippen LogP contribution in [0.1, 0.15) is 38.3 Å². The Balaban J connectivity index is 1.99. The molecule has 21 heavy (non-hydrogen) atoms. The van der Waals surface area contributed by atoms with E-state index in [1.165, 1.54) is 11.1 Å². The van der Waals surface area contributed by atoms with Gasteiger partial charge in [0.2, 0.25) is 0 Å². The van der Waals surface area contributed by atoms with Crippen LogP contribution in [-0.2, 0) is 6.54 Å². The van der Waals surface area contributed by atoms with E-state index in [0.29, 0.717) is 18.4 Å². The maximum absolute atomic E-state index is 10.0. The molecule has 1 aromatic heterocycles. The largest absolute Gasteiger partial charge is 0.391 e. The van der Waals surface area contributed by atoms with Gasteiger partial charge in [0.1, 0.15) is 5.82 Å². The van der Waals surface area contributed by atoms with E-state index >= 15 is 0 Å². The van der Waals surface area contributed by atoms with Crippen LogP contribution in [0.5, 0.6) is 0 Å². The number of rotatable bonds is 5. The van der Waals surface area contributed by atoms with Crippen molar-refractivity contribution in [3.8, 4) is 0 Å². The number of hydrogen-bond donors (Lipinski definition) is 2. The Labute approximate surface area is 128 Å². The number of nitrogens with one attached hydrogen (secondary N) is 1. The fourth-order valence-electron chi connectivity index (χ4n) is 2.80. The van der Waals surface area contributed by atoms with Gasteiger partial charge in [-0.1, -0.05) is 20.8 Å². The fraction of sp³-hybridized carbons (Fsp3) is 0.706. The average Bonchev–Trinajstić information content (AvgIpc) is 2.42. The molecule has 0 bridgehead atoms. The van der Waals surface area contributed by atoms with Gasteiger partial charge in [-0.25, -0.2) is 4.98 Å². The quantitative estimate of drug-likeness (QED) is 0.874. The summed E-state index contributed by atoms with van der Waals surface area (Å²) in [7, 11) is 0. The van der Waals surface area contributed by atoms with Gasteiger partial charge in [0.15, 0.2) is 0 Å². The van der Waals surface area contributed by atoms with Crippen LogP contribution in [0.2, 0.25) is 0 Å². The molecule has 0 spiro atoms. The first-order valence-electron chi connectivity index (χ1n) is 8.06. The van der Waals surface area contributed by atoms with Crippen molar-refractivity contribution in [2.75, 3.05) is 24.5 Å². The lowest BCUT2D eigenvalue weighted by atomic mass is 9.96. The highest BCUT2D eigenvalue weighted by atomic mass is 16.3. The Kier molecular flexibility index (Phi) is 5.59. The summed E-state index contributed by atoms with van der Waals surface area (Å²) in [6.45, 7) is 12.2. The van der Waals surface area contributed by atoms with Gasteiger partial charge in [0.05, 0.1) is 6.10 Å². The zero-order valence-corrected chi connectivity index (χ0v) is 13.8. The second-order valence-electron chi connectivity index (χ2n) is 6.79. The molecule has 2 heterocycles. The van der Waals surface area contributed by atoms with Crippen LogP contribution in [-0.4, -0.2) is 35.8 Å². The minimum Gasteiger partial charge on any atom is -0.391 e. The van der Waals surface area contributed by atoms with Crippen molar-refractivity contribution in [1.82, 2.24) is 10.3 Å². The van der Waals surface area contributed by atoms with Crippen molar-refractivity contribution in [2.24, 2.45) is 11.8 Å². The van der Waals surface area contributed by atoms with Crippen LogP contribution in [0.15, 0.2) is 12.3 Å². The summed E-state index contributed by atoms with van der Waals surface area (Å²) in [5, 5.41) is 13.5. The molecule has 0 aliphatic carbocycles. The smallest absolute Gasteiger partial charge is 0.131 e. The molecule has 2 rings (SSSR count). The molecule has 1 aliphatic rings. The molecular formula is C17H29N3O. The molecule has 118 valence electrons. The molecule has 0 amide bonds. The fourth-order valence-corrected chi connectivity index (χ4v) is 2.80. The van der Waals surface area contributed by atoms with Gasteiger partial charge in [0.25, 0.3) is 0 Å². The highest BCUT2D eigenvalue weighted by Gasteiger charge is 2.25. The van der Waals surface area contributed by atoms with Gasteiger partial charge in [-0.15, -0.1) is 0 Å². The van der Waals surface area contributed by atoms with Gasteiger partial charge in [-0.05, 0) is 48.9 Å². The third kappa shape index (κ3) is 4.42. The van der Waals surface area contributed by atoms with Crippen LogP contribution < -0.4 is 10.2 Å². The highest BCUT2D eigenvalue weighted by Crippen LogP contribution is 2.24. The summed E-state index contributed by atoms with van der Waals surface area (Å²) < 4.78 is 0. The van der Waals surface area contributed by atoms with E-state index in [-0.39, 0.29) is 6.10 Å². The van der Waals surface area contributed by atoms with E-state index in [0.717, 1.165) is 31.9 Å². The summed E-state index contributed by atoms with van der Waals surface area (Å²) in [6.07, 6.45) is 2.74. The Morgan fingerprint density at radius 1 is 1.48 bits per heavy atom. The lowest BCUT2D eigenvalue weighted by molar-refractivity contribution is 0.102. The molecule has 2 atom stereocenters. The second-order valence-corrected chi connectivity index (χ2v) is 6.79. The zero-order chi connectivity index (χ0) is 15.4. The van der Waals surface area contributed by atoms with Crippen molar-refractivity contribution in [2.45, 2.75) is 46.8 Å². The monoisotopic (exact) mass is 291 g/mol. The Morgan fingerprint density at radius 2 is 2.24 bits per heavy atom. The predicted molar refractivity (Wildman–Crippen MR) is 87.5 cm³/mol. The Hall–Kier alpha value is -1.13. The van der Waals surface area contributed by atoms with Gasteiger partial charge in [0, 0.05) is 25.8 Å². The minimum absolute atomic E-state index is 0.243. The first kappa shape index (κ1) is 16.2. The molecule has 1 aliphatic heterocycles. The third-order valence-electron chi connectivity index (χ3n) is 4.21. The van der Waals surface area contributed by atoms with E-state index in [1.807, 2.05) is 6.20 Å². The van der Waals surface area contributed by atoms with Gasteiger partial charge in [-0.3, -0.25) is 0 Å². The lowest BCUT2D eigenvalue weighted by Gasteiger charge is -2.35. The average molecular weight is 291 g/mol. The molecule has 0 aromatic carbocycles. The molecule has 4 heteroatoms. The number of aliphatic hydroxyl groups is 1. The maximum Gasteiger partial charge on any atom is 0.131 e. The molecule has 2 unspecified atom stereocenters. The number of hydrogen-bond acceptors (Lipinski definition) is 4. The van der Waals surface area contributed by atoms with E-state index in [2.05, 4.69) is 49.0 Å². The van der Waals surface area contributed by atoms with Crippen molar-refractivity contribution in [1.29, 1.82) is 0 Å². The van der Waals surface area contributed by atoms with Crippen LogP contribution in [0, 0.1) is 18.8 Å². The lowest BCUT2D eigenvalue weighted by Crippen LogP contribution is -2.43. The van der Waals surface area contributed by atoms with Gasteiger partial charge < -0.3 is 15.3 Å². The molecular weight excluding hydrogens is 262 g/mol. The Morgan fingerprint density at radius 3 is 2.86 bits per heavy atom. The number of piperidine rings is 1. The number of nitrogens with zero attached hydrogens (tertiary/aromatic N) is 2. The molecule has 0 radical (unpaired) electrons. The molecule has 2 N–H and O–H groups in total. The molecule has 0 saturated carbocycles. The standard InChI is InChI=1S/C17H29N3O/c1-12(2)8-18-9-15-7-14(4)17(19-10-15)20-6-5-13(3)16(21)11-20/h7,10,12-13,16,18,21H,5-6,8-9,11H2,1-4H3. The number of aryl methyl sites for hydroxylation is 1. The van der Waals surface area contributed by atoms with E-state index in [4.69, 9.17) is 0 Å². The van der Waals surface area contributed by atoms with Gasteiger partial charge in [-0.2, -0.15) is 0 Å². The summed E-state index contributed by atoms with van der Waals surface area (Å²) in [5.74, 6) is 2.07. The Bertz CT molecular complexity index is 461. The van der Waals surface area contributed by atoms with Crippen LogP contribution in [0.4, 0.5) is 5.82 Å². The number of pyridine rings is 1. The molecule has 1 saturated heterocycles.